The number of imidazole rings is 1. The molecule has 1 amide bonds. The predicted molar refractivity (Wildman–Crippen MR) is 109 cm³/mol. The van der Waals surface area contributed by atoms with E-state index in [-0.39, 0.29) is 17.9 Å². The van der Waals surface area contributed by atoms with Gasteiger partial charge in [-0.2, -0.15) is 0 Å². The highest BCUT2D eigenvalue weighted by Crippen LogP contribution is 2.33. The van der Waals surface area contributed by atoms with Gasteiger partial charge >= 0.3 is 0 Å². The van der Waals surface area contributed by atoms with Crippen molar-refractivity contribution in [1.29, 1.82) is 0 Å². The van der Waals surface area contributed by atoms with Crippen molar-refractivity contribution in [1.82, 2.24) is 15.0 Å². The Bertz CT molecular complexity index is 1040. The Morgan fingerprint density at radius 2 is 2.04 bits per heavy atom. The van der Waals surface area contributed by atoms with Crippen LogP contribution in [0.4, 0.5) is 5.69 Å². The van der Waals surface area contributed by atoms with Gasteiger partial charge in [0.25, 0.3) is 0 Å². The summed E-state index contributed by atoms with van der Waals surface area (Å²) in [7, 11) is 1.62. The van der Waals surface area contributed by atoms with Crippen molar-refractivity contribution < 1.29 is 9.53 Å². The first-order chi connectivity index (χ1) is 13.6. The summed E-state index contributed by atoms with van der Waals surface area (Å²) in [5, 5.41) is 3.85. The van der Waals surface area contributed by atoms with E-state index in [1.165, 1.54) is 0 Å². The van der Waals surface area contributed by atoms with Crippen LogP contribution in [0.1, 0.15) is 12.8 Å². The van der Waals surface area contributed by atoms with Gasteiger partial charge in [-0.05, 0) is 37.1 Å². The van der Waals surface area contributed by atoms with Gasteiger partial charge in [0.1, 0.15) is 17.1 Å². The van der Waals surface area contributed by atoms with E-state index in [9.17, 15) is 4.79 Å². The number of rotatable bonds is 5. The van der Waals surface area contributed by atoms with E-state index in [1.807, 2.05) is 36.4 Å². The topological polar surface area (TPSA) is 106 Å². The molecule has 0 saturated heterocycles. The SMILES string of the molecule is COc1ccc(-c2nc3ncc(Cl)c(NC4CC=CCC4C(N)=O)c3[nH]2)cc1. The third-order valence-corrected chi connectivity index (χ3v) is 5.25. The number of nitrogens with two attached hydrogens (primary N) is 1. The van der Waals surface area contributed by atoms with Gasteiger partial charge < -0.3 is 20.8 Å². The van der Waals surface area contributed by atoms with Crippen LogP contribution in [0.5, 0.6) is 5.75 Å². The Labute approximate surface area is 167 Å². The van der Waals surface area contributed by atoms with E-state index in [4.69, 9.17) is 22.1 Å². The van der Waals surface area contributed by atoms with Gasteiger partial charge in [0.2, 0.25) is 5.91 Å². The molecule has 144 valence electrons. The van der Waals surface area contributed by atoms with E-state index in [0.717, 1.165) is 11.3 Å². The lowest BCUT2D eigenvalue weighted by Crippen LogP contribution is -2.39. The number of pyridine rings is 1. The number of aromatic amines is 1. The lowest BCUT2D eigenvalue weighted by Gasteiger charge is -2.28. The number of ether oxygens (including phenoxy) is 1. The van der Waals surface area contributed by atoms with Crippen molar-refractivity contribution in [2.45, 2.75) is 18.9 Å². The predicted octanol–water partition coefficient (Wildman–Crippen LogP) is 3.52. The maximum absolute atomic E-state index is 11.8. The zero-order valence-electron chi connectivity index (χ0n) is 15.3. The maximum Gasteiger partial charge on any atom is 0.222 e. The number of nitrogens with one attached hydrogen (secondary N) is 2. The molecule has 4 N–H and O–H groups in total. The van der Waals surface area contributed by atoms with Gasteiger partial charge in [0.15, 0.2) is 5.65 Å². The van der Waals surface area contributed by atoms with Crippen LogP contribution in [-0.2, 0) is 4.79 Å². The molecule has 0 spiro atoms. The number of hydrogen-bond donors (Lipinski definition) is 3. The highest BCUT2D eigenvalue weighted by atomic mass is 35.5. The fraction of sp³-hybridized carbons (Fsp3) is 0.250. The Morgan fingerprint density at radius 3 is 2.75 bits per heavy atom. The number of anilines is 1. The van der Waals surface area contributed by atoms with Crippen LogP contribution >= 0.6 is 11.6 Å². The van der Waals surface area contributed by atoms with Gasteiger partial charge in [-0.1, -0.05) is 23.8 Å². The summed E-state index contributed by atoms with van der Waals surface area (Å²) < 4.78 is 5.20. The first-order valence-corrected chi connectivity index (χ1v) is 9.34. The standard InChI is InChI=1S/C20H20ClN5O2/c1-28-12-8-6-11(7-9-12)19-25-17-16(14(21)10-23-20(17)26-19)24-15-5-3-2-4-13(15)18(22)27/h2-3,6-10,13,15H,4-5H2,1H3,(H2,22,27)(H2,23,24,25,26). The summed E-state index contributed by atoms with van der Waals surface area (Å²) in [4.78, 5) is 24.0. The monoisotopic (exact) mass is 397 g/mol. The van der Waals surface area contributed by atoms with Crippen LogP contribution in [0.15, 0.2) is 42.6 Å². The maximum atomic E-state index is 11.8. The van der Waals surface area contributed by atoms with Crippen molar-refractivity contribution in [3.8, 4) is 17.1 Å². The zero-order chi connectivity index (χ0) is 19.7. The number of fused-ring (bicyclic) bond motifs is 1. The molecule has 0 bridgehead atoms. The van der Waals surface area contributed by atoms with Crippen LogP contribution in [0.3, 0.4) is 0 Å². The van der Waals surface area contributed by atoms with E-state index >= 15 is 0 Å². The van der Waals surface area contributed by atoms with Crippen molar-refractivity contribution in [3.05, 3.63) is 47.6 Å². The molecule has 3 aromatic rings. The second kappa shape index (κ2) is 7.52. The molecule has 28 heavy (non-hydrogen) atoms. The average Bonchev–Trinajstić information content (AvgIpc) is 3.15. The minimum Gasteiger partial charge on any atom is -0.497 e. The highest BCUT2D eigenvalue weighted by Gasteiger charge is 2.28. The largest absolute Gasteiger partial charge is 0.497 e. The molecule has 0 fully saturated rings. The second-order valence-electron chi connectivity index (χ2n) is 6.70. The molecule has 0 saturated carbocycles. The molecule has 2 heterocycles. The highest BCUT2D eigenvalue weighted by molar-refractivity contribution is 6.34. The fourth-order valence-corrected chi connectivity index (χ4v) is 3.63. The molecule has 1 aliphatic carbocycles. The summed E-state index contributed by atoms with van der Waals surface area (Å²) in [6.07, 6.45) is 6.88. The fourth-order valence-electron chi connectivity index (χ4n) is 3.43. The van der Waals surface area contributed by atoms with Gasteiger partial charge in [-0.3, -0.25) is 4.79 Å². The van der Waals surface area contributed by atoms with Gasteiger partial charge in [0, 0.05) is 11.6 Å². The number of carbonyl (C=O) groups excluding carboxylic acids is 1. The van der Waals surface area contributed by atoms with E-state index in [2.05, 4.69) is 20.3 Å². The minimum atomic E-state index is -0.327. The third kappa shape index (κ3) is 3.41. The number of H-pyrrole nitrogens is 1. The molecule has 2 atom stereocenters. The Hall–Kier alpha value is -3.06. The molecular formula is C20H20ClN5O2. The van der Waals surface area contributed by atoms with E-state index < -0.39 is 0 Å². The van der Waals surface area contributed by atoms with E-state index in [0.29, 0.717) is 40.5 Å². The molecule has 0 aliphatic heterocycles. The summed E-state index contributed by atoms with van der Waals surface area (Å²) in [5.41, 5.74) is 8.38. The third-order valence-electron chi connectivity index (χ3n) is 4.96. The van der Waals surface area contributed by atoms with Crippen LogP contribution in [0.2, 0.25) is 5.02 Å². The van der Waals surface area contributed by atoms with Crippen LogP contribution in [0.25, 0.3) is 22.6 Å². The van der Waals surface area contributed by atoms with Crippen molar-refractivity contribution in [2.75, 3.05) is 12.4 Å². The molecule has 8 heteroatoms. The van der Waals surface area contributed by atoms with Crippen LogP contribution in [0, 0.1) is 5.92 Å². The van der Waals surface area contributed by atoms with Gasteiger partial charge in [0.05, 0.1) is 29.9 Å². The Balaban J connectivity index is 1.71. The van der Waals surface area contributed by atoms with Gasteiger partial charge in [-0.15, -0.1) is 0 Å². The van der Waals surface area contributed by atoms with Crippen LogP contribution < -0.4 is 15.8 Å². The normalized spacial score (nSPS) is 18.9. The number of halogens is 1. The Kier molecular flexibility index (Phi) is 4.92. The quantitative estimate of drug-likeness (QED) is 0.571. The van der Waals surface area contributed by atoms with Crippen molar-refractivity contribution in [2.24, 2.45) is 11.7 Å². The molecule has 2 aromatic heterocycles. The zero-order valence-corrected chi connectivity index (χ0v) is 16.0. The first kappa shape index (κ1) is 18.3. The number of primary amides is 1. The number of nitrogens with zero attached hydrogens (tertiary/aromatic N) is 2. The summed E-state index contributed by atoms with van der Waals surface area (Å²) >= 11 is 6.42. The lowest BCUT2D eigenvalue weighted by atomic mass is 9.88. The molecule has 1 aliphatic rings. The second-order valence-corrected chi connectivity index (χ2v) is 7.10. The number of carbonyl (C=O) groups is 1. The van der Waals surface area contributed by atoms with Gasteiger partial charge in [-0.25, -0.2) is 9.97 Å². The summed E-state index contributed by atoms with van der Waals surface area (Å²) in [5.74, 6) is 0.816. The van der Waals surface area contributed by atoms with E-state index in [1.54, 1.807) is 13.3 Å². The molecule has 2 unspecified atom stereocenters. The molecule has 1 aromatic carbocycles. The number of benzene rings is 1. The number of amides is 1. The number of methoxy groups -OCH3 is 1. The number of hydrogen-bond acceptors (Lipinski definition) is 5. The Morgan fingerprint density at radius 1 is 1.29 bits per heavy atom. The molecule has 0 radical (unpaired) electrons. The summed E-state index contributed by atoms with van der Waals surface area (Å²) in [6.45, 7) is 0. The summed E-state index contributed by atoms with van der Waals surface area (Å²) in [6, 6.07) is 7.43. The number of aromatic nitrogens is 3. The molecule has 7 nitrogen and oxygen atoms in total. The first-order valence-electron chi connectivity index (χ1n) is 8.96. The van der Waals surface area contributed by atoms with Crippen LogP contribution in [-0.4, -0.2) is 34.0 Å². The average molecular weight is 398 g/mol. The molecular weight excluding hydrogens is 378 g/mol. The molecule has 4 rings (SSSR count). The van der Waals surface area contributed by atoms with Crippen molar-refractivity contribution in [3.63, 3.8) is 0 Å². The smallest absolute Gasteiger partial charge is 0.222 e. The minimum absolute atomic E-state index is 0.140. The number of allylic oxidation sites excluding steroid dienone is 1. The van der Waals surface area contributed by atoms with Crippen molar-refractivity contribution >= 4 is 34.4 Å². The lowest BCUT2D eigenvalue weighted by molar-refractivity contribution is -0.122.